The minimum atomic E-state index is -4.70. The van der Waals surface area contributed by atoms with Gasteiger partial charge in [-0.3, -0.25) is 9.69 Å². The van der Waals surface area contributed by atoms with Gasteiger partial charge in [0.05, 0.1) is 22.4 Å². The number of carbonyl (C=O) groups excluding carboxylic acids is 1. The first-order valence-corrected chi connectivity index (χ1v) is 14.8. The van der Waals surface area contributed by atoms with Crippen molar-refractivity contribution in [1.82, 2.24) is 9.62 Å². The lowest BCUT2D eigenvalue weighted by atomic mass is 9.95. The van der Waals surface area contributed by atoms with Gasteiger partial charge in [-0.1, -0.05) is 11.6 Å². The van der Waals surface area contributed by atoms with E-state index in [2.05, 4.69) is 4.90 Å². The van der Waals surface area contributed by atoms with Crippen LogP contribution in [0.1, 0.15) is 71.5 Å². The summed E-state index contributed by atoms with van der Waals surface area (Å²) in [5.41, 5.74) is 0.0851. The molecule has 212 valence electrons. The molecule has 3 atom stereocenters. The van der Waals surface area contributed by atoms with Crippen molar-refractivity contribution >= 4 is 27.5 Å². The van der Waals surface area contributed by atoms with Crippen molar-refractivity contribution in [3.8, 4) is 5.75 Å². The number of carbonyl (C=O) groups is 1. The first-order valence-electron chi connectivity index (χ1n) is 12.5. The van der Waals surface area contributed by atoms with Crippen molar-refractivity contribution in [3.63, 3.8) is 0 Å². The third-order valence-electron chi connectivity index (χ3n) is 7.58. The minimum Gasteiger partial charge on any atom is -0.487 e. The predicted molar refractivity (Wildman–Crippen MR) is 133 cm³/mol. The lowest BCUT2D eigenvalue weighted by Gasteiger charge is -2.39. The monoisotopic (exact) mass is 592 g/mol. The molecule has 5 rings (SSSR count). The van der Waals surface area contributed by atoms with Gasteiger partial charge in [0.25, 0.3) is 5.91 Å². The predicted octanol–water partition coefficient (Wildman–Crippen LogP) is 5.78. The summed E-state index contributed by atoms with van der Waals surface area (Å²) in [6.07, 6.45) is -0.168. The maximum atomic E-state index is 15.0. The van der Waals surface area contributed by atoms with E-state index in [1.54, 1.807) is 4.72 Å². The molecule has 6 nitrogen and oxygen atoms in total. The van der Waals surface area contributed by atoms with E-state index in [1.807, 2.05) is 0 Å². The Kier molecular flexibility index (Phi) is 7.34. The number of nitrogens with one attached hydrogen (secondary N) is 1. The van der Waals surface area contributed by atoms with Crippen LogP contribution in [-0.4, -0.2) is 43.7 Å². The Hall–Kier alpha value is -2.44. The van der Waals surface area contributed by atoms with Crippen molar-refractivity contribution in [1.29, 1.82) is 0 Å². The summed E-state index contributed by atoms with van der Waals surface area (Å²) >= 11 is 5.70. The van der Waals surface area contributed by atoms with Gasteiger partial charge in [0.15, 0.2) is 11.6 Å². The normalized spacial score (nSPS) is 23.6. The molecule has 39 heavy (non-hydrogen) atoms. The van der Waals surface area contributed by atoms with Crippen molar-refractivity contribution in [2.45, 2.75) is 75.4 Å². The first kappa shape index (κ1) is 28.1. The van der Waals surface area contributed by atoms with Gasteiger partial charge in [-0.2, -0.15) is 13.2 Å². The topological polar surface area (TPSA) is 75.7 Å². The molecule has 2 saturated heterocycles. The highest BCUT2D eigenvalue weighted by molar-refractivity contribution is 7.89. The number of halogens is 6. The number of sulfonamides is 1. The van der Waals surface area contributed by atoms with Gasteiger partial charge in [0.1, 0.15) is 11.9 Å². The standard InChI is InChI=1S/C26H26ClF5N2O4S/c1-39(36,37)33-25(35)20-11-19(13-2-3-13)14(6-22(20)28)12-34-16-4-5-17(34)10-18(9-16)38-23-8-15(26(30,31)32)7-21(27)24(23)29/h6-8,11,13,16-18H,2-5,9-10,12H2,1H3,(H,33,35)/t16-,17?,18?/m0/s1. The Morgan fingerprint density at radius 2 is 1.72 bits per heavy atom. The molecular weight excluding hydrogens is 567 g/mol. The second-order valence-electron chi connectivity index (χ2n) is 10.5. The number of ether oxygens (including phenoxy) is 1. The van der Waals surface area contributed by atoms with E-state index in [0.29, 0.717) is 37.1 Å². The number of rotatable bonds is 7. The molecular formula is C26H26ClF5N2O4S. The Labute approximate surface area is 227 Å². The summed E-state index contributed by atoms with van der Waals surface area (Å²) in [6.45, 7) is 0.391. The van der Waals surface area contributed by atoms with Crippen LogP contribution >= 0.6 is 11.6 Å². The number of alkyl halides is 3. The molecule has 2 aliphatic heterocycles. The molecule has 1 amide bonds. The van der Waals surface area contributed by atoms with Crippen LogP contribution in [-0.2, 0) is 22.7 Å². The maximum Gasteiger partial charge on any atom is 0.416 e. The summed E-state index contributed by atoms with van der Waals surface area (Å²) in [5.74, 6) is -3.27. The molecule has 13 heteroatoms. The Morgan fingerprint density at radius 3 is 2.28 bits per heavy atom. The fraction of sp³-hybridized carbons (Fsp3) is 0.500. The molecule has 0 radical (unpaired) electrons. The number of hydrogen-bond donors (Lipinski definition) is 1. The summed E-state index contributed by atoms with van der Waals surface area (Å²) in [7, 11) is -3.86. The highest BCUT2D eigenvalue weighted by atomic mass is 35.5. The first-order chi connectivity index (χ1) is 18.2. The second-order valence-corrected chi connectivity index (χ2v) is 12.7. The summed E-state index contributed by atoms with van der Waals surface area (Å²) in [4.78, 5) is 14.5. The Morgan fingerprint density at radius 1 is 1.08 bits per heavy atom. The highest BCUT2D eigenvalue weighted by Crippen LogP contribution is 2.45. The summed E-state index contributed by atoms with van der Waals surface area (Å²) in [6, 6.07) is 3.85. The molecule has 2 aromatic rings. The second kappa shape index (κ2) is 10.2. The van der Waals surface area contributed by atoms with E-state index in [4.69, 9.17) is 16.3 Å². The smallest absolute Gasteiger partial charge is 0.416 e. The van der Waals surface area contributed by atoms with E-state index in [0.717, 1.165) is 37.5 Å². The molecule has 2 bridgehead atoms. The van der Waals surface area contributed by atoms with Gasteiger partial charge >= 0.3 is 6.18 Å². The van der Waals surface area contributed by atoms with Crippen molar-refractivity contribution in [2.24, 2.45) is 0 Å². The van der Waals surface area contributed by atoms with E-state index in [-0.39, 0.29) is 23.6 Å². The quantitative estimate of drug-likeness (QED) is 0.413. The lowest BCUT2D eigenvalue weighted by Crippen LogP contribution is -2.46. The average Bonchev–Trinajstić information content (AvgIpc) is 3.62. The molecule has 2 unspecified atom stereocenters. The van der Waals surface area contributed by atoms with Crippen molar-refractivity contribution < 1.29 is 39.9 Å². The molecule has 1 aliphatic carbocycles. The molecule has 2 heterocycles. The maximum absolute atomic E-state index is 15.0. The minimum absolute atomic E-state index is 0.0126. The fourth-order valence-electron chi connectivity index (χ4n) is 5.71. The summed E-state index contributed by atoms with van der Waals surface area (Å²) < 4.78 is 99.5. The number of benzene rings is 2. The van der Waals surface area contributed by atoms with E-state index in [1.165, 1.54) is 12.1 Å². The zero-order valence-corrected chi connectivity index (χ0v) is 22.4. The van der Waals surface area contributed by atoms with Crippen LogP contribution in [0.15, 0.2) is 24.3 Å². The average molecular weight is 593 g/mol. The van der Waals surface area contributed by atoms with Crippen molar-refractivity contribution in [2.75, 3.05) is 6.26 Å². The molecule has 0 aromatic heterocycles. The molecule has 2 aromatic carbocycles. The number of nitrogens with zero attached hydrogens (tertiary/aromatic N) is 1. The Bertz CT molecular complexity index is 1400. The van der Waals surface area contributed by atoms with E-state index >= 15 is 0 Å². The third-order valence-corrected chi connectivity index (χ3v) is 8.41. The Balaban J connectivity index is 1.33. The van der Waals surface area contributed by atoms with Crippen LogP contribution < -0.4 is 9.46 Å². The zero-order chi connectivity index (χ0) is 28.3. The van der Waals surface area contributed by atoms with Crippen LogP contribution in [0.3, 0.4) is 0 Å². The molecule has 3 fully saturated rings. The van der Waals surface area contributed by atoms with Gasteiger partial charge in [-0.05, 0) is 79.8 Å². The molecule has 1 N–H and O–H groups in total. The lowest BCUT2D eigenvalue weighted by molar-refractivity contribution is -0.137. The van der Waals surface area contributed by atoms with Gasteiger partial charge < -0.3 is 4.74 Å². The number of hydrogen-bond acceptors (Lipinski definition) is 5. The number of piperidine rings is 1. The molecule has 1 saturated carbocycles. The van der Waals surface area contributed by atoms with Crippen LogP contribution in [0.25, 0.3) is 0 Å². The third kappa shape index (κ3) is 6.17. The van der Waals surface area contributed by atoms with Crippen LogP contribution in [0.5, 0.6) is 5.75 Å². The molecule has 3 aliphatic rings. The molecule has 0 spiro atoms. The van der Waals surface area contributed by atoms with Crippen LogP contribution in [0.2, 0.25) is 5.02 Å². The van der Waals surface area contributed by atoms with Crippen LogP contribution in [0, 0.1) is 11.6 Å². The number of fused-ring (bicyclic) bond motifs is 2. The summed E-state index contributed by atoms with van der Waals surface area (Å²) in [5, 5.41) is -0.663. The van der Waals surface area contributed by atoms with E-state index in [9.17, 15) is 35.2 Å². The number of amides is 1. The SMILES string of the molecule is CS(=O)(=O)NC(=O)c1cc(C2CC2)c(CN2C3CC[C@H]2CC(Oc2cc(C(F)(F)F)cc(Cl)c2F)C3)cc1F. The largest absolute Gasteiger partial charge is 0.487 e. The zero-order valence-electron chi connectivity index (χ0n) is 20.8. The van der Waals surface area contributed by atoms with Gasteiger partial charge in [-0.15, -0.1) is 0 Å². The van der Waals surface area contributed by atoms with E-state index < -0.39 is 56.2 Å². The van der Waals surface area contributed by atoms with Gasteiger partial charge in [-0.25, -0.2) is 21.9 Å². The van der Waals surface area contributed by atoms with Crippen LogP contribution in [0.4, 0.5) is 22.0 Å². The van der Waals surface area contributed by atoms with Gasteiger partial charge in [0.2, 0.25) is 10.0 Å². The highest BCUT2D eigenvalue weighted by Gasteiger charge is 2.43. The van der Waals surface area contributed by atoms with Crippen molar-refractivity contribution in [3.05, 3.63) is 63.2 Å². The fourth-order valence-corrected chi connectivity index (χ4v) is 6.37. The van der Waals surface area contributed by atoms with Gasteiger partial charge in [0, 0.05) is 18.6 Å².